The van der Waals surface area contributed by atoms with Gasteiger partial charge >= 0.3 is 0 Å². The highest BCUT2D eigenvalue weighted by molar-refractivity contribution is 5.94. The average molecular weight is 242 g/mol. The van der Waals surface area contributed by atoms with E-state index in [0.29, 0.717) is 16.9 Å². The first kappa shape index (κ1) is 12.1. The predicted octanol–water partition coefficient (Wildman–Crippen LogP) is 1.94. The number of aliphatic hydroxyl groups is 1. The number of nitrogens with two attached hydrogens (primary N) is 1. The number of aliphatic hydroxyl groups excluding tert-OH is 1. The number of nitrogen functional groups attached to an aromatic ring is 1. The third kappa shape index (κ3) is 2.87. The Morgan fingerprint density at radius 2 is 1.67 bits per heavy atom. The molecule has 0 saturated carbocycles. The molecule has 2 rings (SSSR count). The maximum atomic E-state index is 11.8. The van der Waals surface area contributed by atoms with Crippen LogP contribution in [-0.2, 0) is 4.79 Å². The van der Waals surface area contributed by atoms with Gasteiger partial charge in [-0.05, 0) is 29.8 Å². The summed E-state index contributed by atoms with van der Waals surface area (Å²) < 4.78 is 0. The topological polar surface area (TPSA) is 75.3 Å². The van der Waals surface area contributed by atoms with E-state index in [2.05, 4.69) is 5.32 Å². The van der Waals surface area contributed by atoms with Gasteiger partial charge in [-0.1, -0.05) is 30.3 Å². The smallest absolute Gasteiger partial charge is 0.257 e. The SMILES string of the molecule is Nc1ccc(C(O)C(=O)Nc2ccccc2)cc1. The van der Waals surface area contributed by atoms with Crippen molar-refractivity contribution >= 4 is 17.3 Å². The Balaban J connectivity index is 2.07. The van der Waals surface area contributed by atoms with Crippen LogP contribution in [0.3, 0.4) is 0 Å². The normalized spacial score (nSPS) is 11.8. The fraction of sp³-hybridized carbons (Fsp3) is 0.0714. The molecule has 0 aliphatic carbocycles. The summed E-state index contributed by atoms with van der Waals surface area (Å²) in [5.41, 5.74) is 7.30. The van der Waals surface area contributed by atoms with Gasteiger partial charge in [-0.3, -0.25) is 4.79 Å². The lowest BCUT2D eigenvalue weighted by atomic mass is 10.1. The van der Waals surface area contributed by atoms with Crippen LogP contribution in [0.4, 0.5) is 11.4 Å². The highest BCUT2D eigenvalue weighted by atomic mass is 16.3. The number of carbonyl (C=O) groups is 1. The second kappa shape index (κ2) is 5.33. The van der Waals surface area contributed by atoms with E-state index in [1.54, 1.807) is 36.4 Å². The largest absolute Gasteiger partial charge is 0.399 e. The number of benzene rings is 2. The van der Waals surface area contributed by atoms with Gasteiger partial charge in [0.1, 0.15) is 0 Å². The average Bonchev–Trinajstić information content (AvgIpc) is 2.40. The summed E-state index contributed by atoms with van der Waals surface area (Å²) in [4.78, 5) is 11.8. The summed E-state index contributed by atoms with van der Waals surface area (Å²) in [6.45, 7) is 0. The number of anilines is 2. The number of carbonyl (C=O) groups excluding carboxylic acids is 1. The summed E-state index contributed by atoms with van der Waals surface area (Å²) in [7, 11) is 0. The van der Waals surface area contributed by atoms with Crippen LogP contribution in [-0.4, -0.2) is 11.0 Å². The molecule has 4 nitrogen and oxygen atoms in total. The number of rotatable bonds is 3. The quantitative estimate of drug-likeness (QED) is 0.720. The molecule has 0 fully saturated rings. The van der Waals surface area contributed by atoms with Crippen LogP contribution < -0.4 is 11.1 Å². The second-order valence-corrected chi connectivity index (χ2v) is 3.92. The van der Waals surface area contributed by atoms with Crippen molar-refractivity contribution in [3.8, 4) is 0 Å². The van der Waals surface area contributed by atoms with E-state index in [4.69, 9.17) is 5.73 Å². The number of hydrogen-bond acceptors (Lipinski definition) is 3. The molecule has 1 atom stereocenters. The lowest BCUT2D eigenvalue weighted by Crippen LogP contribution is -2.20. The Bertz CT molecular complexity index is 523. The zero-order chi connectivity index (χ0) is 13.0. The zero-order valence-corrected chi connectivity index (χ0v) is 9.71. The molecule has 2 aromatic carbocycles. The molecule has 92 valence electrons. The third-order valence-corrected chi connectivity index (χ3v) is 2.54. The number of hydrogen-bond donors (Lipinski definition) is 3. The highest BCUT2D eigenvalue weighted by Crippen LogP contribution is 2.17. The maximum Gasteiger partial charge on any atom is 0.257 e. The Morgan fingerprint density at radius 3 is 2.28 bits per heavy atom. The minimum atomic E-state index is -1.20. The lowest BCUT2D eigenvalue weighted by molar-refractivity contribution is -0.124. The van der Waals surface area contributed by atoms with E-state index in [-0.39, 0.29) is 0 Å². The maximum absolute atomic E-state index is 11.8. The molecule has 1 amide bonds. The molecule has 0 aliphatic heterocycles. The minimum absolute atomic E-state index is 0.467. The van der Waals surface area contributed by atoms with E-state index in [1.165, 1.54) is 0 Å². The molecule has 0 bridgehead atoms. The fourth-order valence-corrected chi connectivity index (χ4v) is 1.56. The molecular weight excluding hydrogens is 228 g/mol. The summed E-state index contributed by atoms with van der Waals surface area (Å²) in [5.74, 6) is -0.467. The van der Waals surface area contributed by atoms with Gasteiger partial charge in [-0.25, -0.2) is 0 Å². The highest BCUT2D eigenvalue weighted by Gasteiger charge is 2.16. The molecule has 0 radical (unpaired) electrons. The number of amides is 1. The van der Waals surface area contributed by atoms with Gasteiger partial charge in [0.25, 0.3) is 5.91 Å². The van der Waals surface area contributed by atoms with Gasteiger partial charge < -0.3 is 16.2 Å². The van der Waals surface area contributed by atoms with Crippen molar-refractivity contribution in [3.05, 3.63) is 60.2 Å². The monoisotopic (exact) mass is 242 g/mol. The van der Waals surface area contributed by atoms with Crippen LogP contribution in [0.2, 0.25) is 0 Å². The number of nitrogens with one attached hydrogen (secondary N) is 1. The van der Waals surface area contributed by atoms with Gasteiger partial charge in [0, 0.05) is 11.4 Å². The fourth-order valence-electron chi connectivity index (χ4n) is 1.56. The second-order valence-electron chi connectivity index (χ2n) is 3.92. The molecular formula is C14H14N2O2. The first-order chi connectivity index (χ1) is 8.66. The van der Waals surface area contributed by atoms with Gasteiger partial charge in [0.05, 0.1) is 0 Å². The van der Waals surface area contributed by atoms with Crippen LogP contribution in [0.15, 0.2) is 54.6 Å². The summed E-state index contributed by atoms with van der Waals surface area (Å²) in [5, 5.41) is 12.5. The molecule has 18 heavy (non-hydrogen) atoms. The van der Waals surface area contributed by atoms with E-state index in [9.17, 15) is 9.90 Å². The molecule has 4 N–H and O–H groups in total. The van der Waals surface area contributed by atoms with Gasteiger partial charge in [-0.2, -0.15) is 0 Å². The molecule has 0 aromatic heterocycles. The van der Waals surface area contributed by atoms with Crippen molar-refractivity contribution in [2.45, 2.75) is 6.10 Å². The van der Waals surface area contributed by atoms with Crippen LogP contribution in [0, 0.1) is 0 Å². The molecule has 0 heterocycles. The van der Waals surface area contributed by atoms with Gasteiger partial charge in [0.15, 0.2) is 6.10 Å². The molecule has 0 aliphatic rings. The molecule has 4 heteroatoms. The van der Waals surface area contributed by atoms with Crippen molar-refractivity contribution < 1.29 is 9.90 Å². The van der Waals surface area contributed by atoms with Crippen molar-refractivity contribution in [3.63, 3.8) is 0 Å². The van der Waals surface area contributed by atoms with E-state index >= 15 is 0 Å². The first-order valence-corrected chi connectivity index (χ1v) is 5.56. The van der Waals surface area contributed by atoms with E-state index in [0.717, 1.165) is 0 Å². The van der Waals surface area contributed by atoms with Crippen LogP contribution in [0.25, 0.3) is 0 Å². The molecule has 0 spiro atoms. The van der Waals surface area contributed by atoms with Crippen LogP contribution in [0.1, 0.15) is 11.7 Å². The van der Waals surface area contributed by atoms with E-state index in [1.807, 2.05) is 18.2 Å². The third-order valence-electron chi connectivity index (χ3n) is 2.54. The van der Waals surface area contributed by atoms with E-state index < -0.39 is 12.0 Å². The van der Waals surface area contributed by atoms with Crippen molar-refractivity contribution in [1.29, 1.82) is 0 Å². The zero-order valence-electron chi connectivity index (χ0n) is 9.71. The Kier molecular flexibility index (Phi) is 3.60. The standard InChI is InChI=1S/C14H14N2O2/c15-11-8-6-10(7-9-11)13(17)14(18)16-12-4-2-1-3-5-12/h1-9,13,17H,15H2,(H,16,18). The first-order valence-electron chi connectivity index (χ1n) is 5.56. The summed E-state index contributed by atoms with van der Waals surface area (Å²) in [6.07, 6.45) is -1.20. The number of para-hydroxylation sites is 1. The van der Waals surface area contributed by atoms with Crippen molar-refractivity contribution in [1.82, 2.24) is 0 Å². The summed E-state index contributed by atoms with van der Waals surface area (Å²) in [6, 6.07) is 15.5. The Labute approximate surface area is 105 Å². The van der Waals surface area contributed by atoms with Crippen molar-refractivity contribution in [2.75, 3.05) is 11.1 Å². The van der Waals surface area contributed by atoms with Crippen molar-refractivity contribution in [2.24, 2.45) is 0 Å². The lowest BCUT2D eigenvalue weighted by Gasteiger charge is -2.11. The Hall–Kier alpha value is -2.33. The summed E-state index contributed by atoms with van der Waals surface area (Å²) >= 11 is 0. The minimum Gasteiger partial charge on any atom is -0.399 e. The molecule has 2 aromatic rings. The van der Waals surface area contributed by atoms with Crippen LogP contribution in [0.5, 0.6) is 0 Å². The van der Waals surface area contributed by atoms with Crippen LogP contribution >= 0.6 is 0 Å². The Morgan fingerprint density at radius 1 is 1.06 bits per heavy atom. The van der Waals surface area contributed by atoms with Gasteiger partial charge in [0.2, 0.25) is 0 Å². The van der Waals surface area contributed by atoms with Gasteiger partial charge in [-0.15, -0.1) is 0 Å². The molecule has 1 unspecified atom stereocenters. The molecule has 0 saturated heterocycles. The predicted molar refractivity (Wildman–Crippen MR) is 70.9 cm³/mol.